The lowest BCUT2D eigenvalue weighted by Gasteiger charge is -2.37. The van der Waals surface area contributed by atoms with E-state index in [2.05, 4.69) is 0 Å². The SMILES string of the molecule is CC1CCN(C(=O)OC(C)(C)C)C(C)O1. The van der Waals surface area contributed by atoms with Gasteiger partial charge >= 0.3 is 6.09 Å². The zero-order valence-corrected chi connectivity index (χ0v) is 10.2. The lowest BCUT2D eigenvalue weighted by atomic mass is 10.2. The van der Waals surface area contributed by atoms with E-state index < -0.39 is 5.60 Å². The second-order valence-corrected chi connectivity index (χ2v) is 5.01. The van der Waals surface area contributed by atoms with Gasteiger partial charge in [0.1, 0.15) is 11.8 Å². The van der Waals surface area contributed by atoms with E-state index in [1.807, 2.05) is 34.6 Å². The summed E-state index contributed by atoms with van der Waals surface area (Å²) in [4.78, 5) is 13.4. The van der Waals surface area contributed by atoms with Gasteiger partial charge in [0.15, 0.2) is 0 Å². The average molecular weight is 215 g/mol. The molecule has 0 aromatic carbocycles. The summed E-state index contributed by atoms with van der Waals surface area (Å²) >= 11 is 0. The zero-order chi connectivity index (χ0) is 11.6. The maximum absolute atomic E-state index is 11.8. The highest BCUT2D eigenvalue weighted by Crippen LogP contribution is 2.18. The van der Waals surface area contributed by atoms with Crippen molar-refractivity contribution in [2.45, 2.75) is 59.0 Å². The highest BCUT2D eigenvalue weighted by atomic mass is 16.6. The maximum Gasteiger partial charge on any atom is 0.412 e. The summed E-state index contributed by atoms with van der Waals surface area (Å²) in [7, 11) is 0. The fourth-order valence-corrected chi connectivity index (χ4v) is 1.54. The molecule has 0 spiro atoms. The summed E-state index contributed by atoms with van der Waals surface area (Å²) in [6.45, 7) is 10.2. The van der Waals surface area contributed by atoms with Gasteiger partial charge in [-0.1, -0.05) is 0 Å². The van der Waals surface area contributed by atoms with Crippen LogP contribution in [0.3, 0.4) is 0 Å². The van der Waals surface area contributed by atoms with Crippen LogP contribution in [0, 0.1) is 0 Å². The molecule has 1 aliphatic rings. The van der Waals surface area contributed by atoms with E-state index in [9.17, 15) is 4.79 Å². The summed E-state index contributed by atoms with van der Waals surface area (Å²) in [5.74, 6) is 0. The maximum atomic E-state index is 11.8. The number of rotatable bonds is 0. The molecule has 1 saturated heterocycles. The van der Waals surface area contributed by atoms with Crippen LogP contribution < -0.4 is 0 Å². The first kappa shape index (κ1) is 12.3. The molecule has 2 unspecified atom stereocenters. The van der Waals surface area contributed by atoms with E-state index in [-0.39, 0.29) is 18.4 Å². The number of amides is 1. The molecule has 0 radical (unpaired) electrons. The van der Waals surface area contributed by atoms with Gasteiger partial charge in [0.2, 0.25) is 0 Å². The normalized spacial score (nSPS) is 27.7. The third-order valence-corrected chi connectivity index (χ3v) is 2.27. The summed E-state index contributed by atoms with van der Waals surface area (Å²) in [5, 5.41) is 0. The van der Waals surface area contributed by atoms with Gasteiger partial charge in [0.25, 0.3) is 0 Å². The third kappa shape index (κ3) is 3.70. The van der Waals surface area contributed by atoms with Crippen LogP contribution in [-0.4, -0.2) is 35.5 Å². The molecule has 0 bridgehead atoms. The first-order chi connectivity index (χ1) is 6.79. The fourth-order valence-electron chi connectivity index (χ4n) is 1.54. The molecule has 1 rings (SSSR count). The number of hydrogen-bond acceptors (Lipinski definition) is 3. The van der Waals surface area contributed by atoms with Gasteiger partial charge in [0, 0.05) is 6.54 Å². The highest BCUT2D eigenvalue weighted by molar-refractivity contribution is 5.68. The van der Waals surface area contributed by atoms with E-state index in [0.29, 0.717) is 6.54 Å². The van der Waals surface area contributed by atoms with Gasteiger partial charge < -0.3 is 9.47 Å². The predicted octanol–water partition coefficient (Wildman–Crippen LogP) is 2.38. The second-order valence-electron chi connectivity index (χ2n) is 5.01. The predicted molar refractivity (Wildman–Crippen MR) is 57.6 cm³/mol. The average Bonchev–Trinajstić information content (AvgIpc) is 1.99. The molecule has 2 atom stereocenters. The Morgan fingerprint density at radius 1 is 1.40 bits per heavy atom. The van der Waals surface area contributed by atoms with E-state index >= 15 is 0 Å². The molecule has 0 N–H and O–H groups in total. The zero-order valence-electron chi connectivity index (χ0n) is 10.2. The van der Waals surface area contributed by atoms with Crippen molar-refractivity contribution in [2.75, 3.05) is 6.54 Å². The monoisotopic (exact) mass is 215 g/mol. The fraction of sp³-hybridized carbons (Fsp3) is 0.909. The molecule has 15 heavy (non-hydrogen) atoms. The molecule has 1 aliphatic heterocycles. The Balaban J connectivity index is 2.53. The van der Waals surface area contributed by atoms with Crippen LogP contribution in [-0.2, 0) is 9.47 Å². The molecule has 88 valence electrons. The van der Waals surface area contributed by atoms with Crippen LogP contribution in [0.1, 0.15) is 41.0 Å². The van der Waals surface area contributed by atoms with Crippen LogP contribution in [0.2, 0.25) is 0 Å². The Labute approximate surface area is 91.5 Å². The molecule has 1 amide bonds. The summed E-state index contributed by atoms with van der Waals surface area (Å²) in [6.07, 6.45) is 0.605. The molecule has 4 heteroatoms. The molecular formula is C11H21NO3. The Bertz CT molecular complexity index is 234. The Hall–Kier alpha value is -0.770. The van der Waals surface area contributed by atoms with E-state index in [4.69, 9.17) is 9.47 Å². The molecule has 1 heterocycles. The smallest absolute Gasteiger partial charge is 0.412 e. The van der Waals surface area contributed by atoms with Crippen molar-refractivity contribution in [3.63, 3.8) is 0 Å². The number of hydrogen-bond donors (Lipinski definition) is 0. The molecule has 0 saturated carbocycles. The summed E-state index contributed by atoms with van der Waals surface area (Å²) in [6, 6.07) is 0. The van der Waals surface area contributed by atoms with Crippen LogP contribution in [0.15, 0.2) is 0 Å². The number of carbonyl (C=O) groups is 1. The minimum Gasteiger partial charge on any atom is -0.444 e. The molecule has 4 nitrogen and oxygen atoms in total. The van der Waals surface area contributed by atoms with Gasteiger partial charge in [0.05, 0.1) is 6.10 Å². The van der Waals surface area contributed by atoms with Crippen molar-refractivity contribution < 1.29 is 14.3 Å². The van der Waals surface area contributed by atoms with Gasteiger partial charge in [-0.25, -0.2) is 4.79 Å². The van der Waals surface area contributed by atoms with Crippen LogP contribution >= 0.6 is 0 Å². The van der Waals surface area contributed by atoms with Crippen molar-refractivity contribution in [3.05, 3.63) is 0 Å². The molecule has 0 aliphatic carbocycles. The standard InChI is InChI=1S/C11H21NO3/c1-8-6-7-12(9(2)14-8)10(13)15-11(3,4)5/h8-9H,6-7H2,1-5H3. The summed E-state index contributed by atoms with van der Waals surface area (Å²) in [5.41, 5.74) is -0.445. The van der Waals surface area contributed by atoms with Crippen LogP contribution in [0.25, 0.3) is 0 Å². The number of nitrogens with zero attached hydrogens (tertiary/aromatic N) is 1. The second kappa shape index (κ2) is 4.39. The van der Waals surface area contributed by atoms with Crippen molar-refractivity contribution in [1.82, 2.24) is 4.90 Å². The van der Waals surface area contributed by atoms with Gasteiger partial charge in [-0.15, -0.1) is 0 Å². The lowest BCUT2D eigenvalue weighted by molar-refractivity contribution is -0.119. The van der Waals surface area contributed by atoms with E-state index in [0.717, 1.165) is 6.42 Å². The molecule has 0 aromatic rings. The Morgan fingerprint density at radius 3 is 2.47 bits per heavy atom. The van der Waals surface area contributed by atoms with Crippen molar-refractivity contribution in [2.24, 2.45) is 0 Å². The van der Waals surface area contributed by atoms with Gasteiger partial charge in [-0.3, -0.25) is 4.90 Å². The molecular weight excluding hydrogens is 194 g/mol. The first-order valence-electron chi connectivity index (χ1n) is 5.44. The lowest BCUT2D eigenvalue weighted by Crippen LogP contribution is -2.48. The third-order valence-electron chi connectivity index (χ3n) is 2.27. The minimum atomic E-state index is -0.445. The van der Waals surface area contributed by atoms with Crippen molar-refractivity contribution >= 4 is 6.09 Å². The quantitative estimate of drug-likeness (QED) is 0.622. The van der Waals surface area contributed by atoms with E-state index in [1.54, 1.807) is 4.90 Å². The van der Waals surface area contributed by atoms with Crippen molar-refractivity contribution in [1.29, 1.82) is 0 Å². The van der Waals surface area contributed by atoms with Crippen LogP contribution in [0.5, 0.6) is 0 Å². The molecule has 1 fully saturated rings. The van der Waals surface area contributed by atoms with Crippen molar-refractivity contribution in [3.8, 4) is 0 Å². The van der Waals surface area contributed by atoms with Crippen LogP contribution in [0.4, 0.5) is 4.79 Å². The summed E-state index contributed by atoms with van der Waals surface area (Å²) < 4.78 is 10.8. The first-order valence-corrected chi connectivity index (χ1v) is 5.44. The van der Waals surface area contributed by atoms with Gasteiger partial charge in [-0.05, 0) is 41.0 Å². The number of carbonyl (C=O) groups excluding carboxylic acids is 1. The minimum absolute atomic E-state index is 0.191. The Morgan fingerprint density at radius 2 is 2.00 bits per heavy atom. The van der Waals surface area contributed by atoms with E-state index in [1.165, 1.54) is 0 Å². The highest BCUT2D eigenvalue weighted by Gasteiger charge is 2.30. The van der Waals surface area contributed by atoms with Gasteiger partial charge in [-0.2, -0.15) is 0 Å². The topological polar surface area (TPSA) is 38.8 Å². The number of ether oxygens (including phenoxy) is 2. The largest absolute Gasteiger partial charge is 0.444 e. The Kier molecular flexibility index (Phi) is 3.60. The molecule has 0 aromatic heterocycles.